The van der Waals surface area contributed by atoms with Gasteiger partial charge in [0.15, 0.2) is 5.96 Å². The molecule has 1 saturated heterocycles. The van der Waals surface area contributed by atoms with Gasteiger partial charge in [0, 0.05) is 19.7 Å². The highest BCUT2D eigenvalue weighted by Gasteiger charge is 2.14. The lowest BCUT2D eigenvalue weighted by molar-refractivity contribution is 0.117. The van der Waals surface area contributed by atoms with Crippen LogP contribution in [0.3, 0.4) is 0 Å². The maximum Gasteiger partial charge on any atom is 0.191 e. The molecule has 0 spiro atoms. The van der Waals surface area contributed by atoms with E-state index in [0.29, 0.717) is 0 Å². The van der Waals surface area contributed by atoms with E-state index in [0.717, 1.165) is 62.8 Å². The van der Waals surface area contributed by atoms with Crippen LogP contribution in [-0.2, 0) is 11.2 Å². The Morgan fingerprint density at radius 2 is 2.26 bits per heavy atom. The Hall–Kier alpha value is -1.75. The van der Waals surface area contributed by atoms with Gasteiger partial charge in [0.2, 0.25) is 0 Å². The largest absolute Gasteiger partial charge is 0.496 e. The Bertz CT molecular complexity index is 511. The monoisotopic (exact) mass is 319 g/mol. The quantitative estimate of drug-likeness (QED) is 0.598. The summed E-state index contributed by atoms with van der Waals surface area (Å²) in [5, 5.41) is 6.67. The second-order valence-corrected chi connectivity index (χ2v) is 5.84. The van der Waals surface area contributed by atoms with Crippen LogP contribution in [0.4, 0.5) is 0 Å². The molecule has 5 nitrogen and oxygen atoms in total. The Kier molecular flexibility index (Phi) is 7.20. The molecule has 1 heterocycles. The molecule has 5 heteroatoms. The summed E-state index contributed by atoms with van der Waals surface area (Å²) in [7, 11) is 1.71. The number of nitrogens with zero attached hydrogens (tertiary/aromatic N) is 1. The van der Waals surface area contributed by atoms with E-state index in [1.165, 1.54) is 5.56 Å². The highest BCUT2D eigenvalue weighted by Crippen LogP contribution is 2.19. The lowest BCUT2D eigenvalue weighted by atomic mass is 10.1. The van der Waals surface area contributed by atoms with E-state index in [-0.39, 0.29) is 6.10 Å². The average molecular weight is 319 g/mol. The Morgan fingerprint density at radius 1 is 1.39 bits per heavy atom. The molecule has 2 rings (SSSR count). The molecule has 128 valence electrons. The van der Waals surface area contributed by atoms with Crippen LogP contribution >= 0.6 is 0 Å². The number of hydrogen-bond donors (Lipinski definition) is 2. The number of ether oxygens (including phenoxy) is 2. The Balaban J connectivity index is 1.82. The number of guanidine groups is 1. The van der Waals surface area contributed by atoms with Gasteiger partial charge in [-0.15, -0.1) is 0 Å². The minimum atomic E-state index is 0.284. The van der Waals surface area contributed by atoms with E-state index in [1.807, 2.05) is 0 Å². The topological polar surface area (TPSA) is 54.9 Å². The number of aliphatic imine (C=N–C) groups is 1. The lowest BCUT2D eigenvalue weighted by Crippen LogP contribution is -2.38. The zero-order valence-corrected chi connectivity index (χ0v) is 14.5. The number of nitrogens with one attached hydrogen (secondary N) is 2. The van der Waals surface area contributed by atoms with E-state index < -0.39 is 0 Å². The molecule has 1 fully saturated rings. The van der Waals surface area contributed by atoms with Crippen molar-refractivity contribution in [3.63, 3.8) is 0 Å². The molecule has 1 aliphatic heterocycles. The van der Waals surface area contributed by atoms with Gasteiger partial charge in [-0.1, -0.05) is 12.1 Å². The first-order chi connectivity index (χ1) is 11.2. The molecule has 0 amide bonds. The minimum absolute atomic E-state index is 0.284. The van der Waals surface area contributed by atoms with Crippen molar-refractivity contribution in [2.45, 2.75) is 39.2 Å². The van der Waals surface area contributed by atoms with Crippen LogP contribution < -0.4 is 15.4 Å². The summed E-state index contributed by atoms with van der Waals surface area (Å²) in [6, 6.07) is 6.36. The van der Waals surface area contributed by atoms with E-state index >= 15 is 0 Å². The van der Waals surface area contributed by atoms with E-state index in [9.17, 15) is 0 Å². The van der Waals surface area contributed by atoms with Crippen molar-refractivity contribution in [2.24, 2.45) is 4.99 Å². The Labute approximate surface area is 139 Å². The van der Waals surface area contributed by atoms with Crippen molar-refractivity contribution in [1.82, 2.24) is 10.6 Å². The van der Waals surface area contributed by atoms with Crippen LogP contribution in [0.25, 0.3) is 0 Å². The molecule has 1 aliphatic rings. The normalized spacial score (nSPS) is 18.0. The molecular weight excluding hydrogens is 290 g/mol. The molecule has 1 unspecified atom stereocenters. The molecule has 0 aromatic heterocycles. The molecule has 1 aromatic carbocycles. The van der Waals surface area contributed by atoms with Gasteiger partial charge in [0.25, 0.3) is 0 Å². The second kappa shape index (κ2) is 9.40. The zero-order valence-electron chi connectivity index (χ0n) is 14.5. The molecule has 23 heavy (non-hydrogen) atoms. The number of aryl methyl sites for hydroxylation is 1. The predicted molar refractivity (Wildman–Crippen MR) is 94.4 cm³/mol. The first-order valence-corrected chi connectivity index (χ1v) is 8.50. The first kappa shape index (κ1) is 17.6. The fraction of sp³-hybridized carbons (Fsp3) is 0.611. The van der Waals surface area contributed by atoms with Gasteiger partial charge in [-0.05, 0) is 50.3 Å². The van der Waals surface area contributed by atoms with Crippen molar-refractivity contribution in [1.29, 1.82) is 0 Å². The van der Waals surface area contributed by atoms with Crippen LogP contribution in [0.15, 0.2) is 23.2 Å². The smallest absolute Gasteiger partial charge is 0.191 e. The molecule has 2 N–H and O–H groups in total. The summed E-state index contributed by atoms with van der Waals surface area (Å²) in [5.41, 5.74) is 2.42. The van der Waals surface area contributed by atoms with Gasteiger partial charge >= 0.3 is 0 Å². The number of benzene rings is 1. The SMILES string of the molecule is CCNC(=NCC1CCCO1)NCCc1ccc(C)c(OC)c1. The van der Waals surface area contributed by atoms with Crippen LogP contribution in [0.1, 0.15) is 30.9 Å². The van der Waals surface area contributed by atoms with Crippen molar-refractivity contribution in [3.8, 4) is 5.75 Å². The second-order valence-electron chi connectivity index (χ2n) is 5.84. The molecule has 0 aliphatic carbocycles. The summed E-state index contributed by atoms with van der Waals surface area (Å²) < 4.78 is 11.0. The van der Waals surface area contributed by atoms with Crippen molar-refractivity contribution >= 4 is 5.96 Å². The molecule has 0 bridgehead atoms. The average Bonchev–Trinajstić information content (AvgIpc) is 3.07. The van der Waals surface area contributed by atoms with Crippen LogP contribution in [0, 0.1) is 6.92 Å². The van der Waals surface area contributed by atoms with Gasteiger partial charge in [-0.2, -0.15) is 0 Å². The van der Waals surface area contributed by atoms with E-state index in [4.69, 9.17) is 9.47 Å². The molecular formula is C18H29N3O2. The predicted octanol–water partition coefficient (Wildman–Crippen LogP) is 2.28. The van der Waals surface area contributed by atoms with Crippen molar-refractivity contribution in [2.75, 3.05) is 33.4 Å². The summed E-state index contributed by atoms with van der Waals surface area (Å²) in [5.74, 6) is 1.81. The summed E-state index contributed by atoms with van der Waals surface area (Å²) in [6.45, 7) is 7.43. The Morgan fingerprint density at radius 3 is 2.96 bits per heavy atom. The van der Waals surface area contributed by atoms with Crippen LogP contribution in [-0.4, -0.2) is 45.4 Å². The number of hydrogen-bond acceptors (Lipinski definition) is 3. The lowest BCUT2D eigenvalue weighted by Gasteiger charge is -2.13. The van der Waals surface area contributed by atoms with Gasteiger partial charge in [0.1, 0.15) is 5.75 Å². The molecule has 0 radical (unpaired) electrons. The van der Waals surface area contributed by atoms with Gasteiger partial charge in [-0.25, -0.2) is 0 Å². The standard InChI is InChI=1S/C18H29N3O2/c1-4-19-18(21-13-16-6-5-11-23-16)20-10-9-15-8-7-14(2)17(12-15)22-3/h7-8,12,16H,4-6,9-11,13H2,1-3H3,(H2,19,20,21). The highest BCUT2D eigenvalue weighted by molar-refractivity contribution is 5.79. The minimum Gasteiger partial charge on any atom is -0.496 e. The van der Waals surface area contributed by atoms with Crippen LogP contribution in [0.5, 0.6) is 5.75 Å². The van der Waals surface area contributed by atoms with E-state index in [1.54, 1.807) is 7.11 Å². The fourth-order valence-corrected chi connectivity index (χ4v) is 2.67. The maximum absolute atomic E-state index is 5.62. The van der Waals surface area contributed by atoms with Gasteiger partial charge in [-0.3, -0.25) is 4.99 Å². The third-order valence-corrected chi connectivity index (χ3v) is 4.00. The molecule has 0 saturated carbocycles. The molecule has 1 atom stereocenters. The summed E-state index contributed by atoms with van der Waals surface area (Å²) >= 11 is 0. The number of methoxy groups -OCH3 is 1. The fourth-order valence-electron chi connectivity index (χ4n) is 2.67. The summed E-state index contributed by atoms with van der Waals surface area (Å²) in [6.07, 6.45) is 3.48. The third kappa shape index (κ3) is 5.75. The van der Waals surface area contributed by atoms with Gasteiger partial charge in [0.05, 0.1) is 19.8 Å². The van der Waals surface area contributed by atoms with E-state index in [2.05, 4.69) is 47.7 Å². The summed E-state index contributed by atoms with van der Waals surface area (Å²) in [4.78, 5) is 4.62. The highest BCUT2D eigenvalue weighted by atomic mass is 16.5. The first-order valence-electron chi connectivity index (χ1n) is 8.50. The molecule has 1 aromatic rings. The van der Waals surface area contributed by atoms with Gasteiger partial charge < -0.3 is 20.1 Å². The number of rotatable bonds is 7. The zero-order chi connectivity index (χ0) is 16.5. The maximum atomic E-state index is 5.62. The van der Waals surface area contributed by atoms with Crippen molar-refractivity contribution < 1.29 is 9.47 Å². The van der Waals surface area contributed by atoms with Crippen molar-refractivity contribution in [3.05, 3.63) is 29.3 Å². The van der Waals surface area contributed by atoms with Crippen LogP contribution in [0.2, 0.25) is 0 Å². The third-order valence-electron chi connectivity index (χ3n) is 4.00.